The van der Waals surface area contributed by atoms with Crippen molar-refractivity contribution in [2.24, 2.45) is 7.05 Å². The third-order valence-electron chi connectivity index (χ3n) is 2.64. The van der Waals surface area contributed by atoms with E-state index >= 15 is 0 Å². The van der Waals surface area contributed by atoms with Gasteiger partial charge in [0.05, 0.1) is 5.69 Å². The lowest BCUT2D eigenvalue weighted by Crippen LogP contribution is -2.07. The molecule has 0 radical (unpaired) electrons. The summed E-state index contributed by atoms with van der Waals surface area (Å²) in [7, 11) is 1.82. The highest BCUT2D eigenvalue weighted by atomic mass is 79.9. The zero-order valence-corrected chi connectivity index (χ0v) is 11.1. The van der Waals surface area contributed by atoms with Crippen molar-refractivity contribution in [3.05, 3.63) is 47.5 Å². The van der Waals surface area contributed by atoms with E-state index in [1.807, 2.05) is 25.4 Å². The molecule has 0 aliphatic carbocycles. The Morgan fingerprint density at radius 3 is 2.76 bits per heavy atom. The predicted molar refractivity (Wildman–Crippen MR) is 67.6 cm³/mol. The van der Waals surface area contributed by atoms with Crippen LogP contribution in [0.1, 0.15) is 17.2 Å². The minimum absolute atomic E-state index is 0.0768. The molecule has 2 rings (SSSR count). The standard InChI is InChI=1S/C12H13BrFN3/c1-17-8-10(15-16-17)6-9(7-13)11-4-2-3-5-12(11)14/h2-5,8-9H,6-7H2,1H3. The molecule has 0 aliphatic rings. The van der Waals surface area contributed by atoms with Gasteiger partial charge in [-0.05, 0) is 11.6 Å². The molecule has 2 aromatic rings. The van der Waals surface area contributed by atoms with Gasteiger partial charge in [0.25, 0.3) is 0 Å². The second-order valence-electron chi connectivity index (χ2n) is 3.96. The lowest BCUT2D eigenvalue weighted by Gasteiger charge is -2.13. The molecule has 0 aliphatic heterocycles. The Morgan fingerprint density at radius 1 is 1.41 bits per heavy atom. The van der Waals surface area contributed by atoms with Crippen molar-refractivity contribution in [2.45, 2.75) is 12.3 Å². The van der Waals surface area contributed by atoms with Crippen molar-refractivity contribution >= 4 is 15.9 Å². The molecule has 0 fully saturated rings. The highest BCUT2D eigenvalue weighted by Crippen LogP contribution is 2.24. The minimum Gasteiger partial charge on any atom is -0.255 e. The molecular formula is C12H13BrFN3. The molecule has 1 unspecified atom stereocenters. The van der Waals surface area contributed by atoms with Gasteiger partial charge in [-0.1, -0.05) is 39.3 Å². The molecule has 3 nitrogen and oxygen atoms in total. The average Bonchev–Trinajstić information content (AvgIpc) is 2.73. The van der Waals surface area contributed by atoms with Gasteiger partial charge in [-0.25, -0.2) is 4.39 Å². The first-order chi connectivity index (χ1) is 8.20. The maximum absolute atomic E-state index is 13.7. The van der Waals surface area contributed by atoms with E-state index in [2.05, 4.69) is 26.2 Å². The Morgan fingerprint density at radius 2 is 2.18 bits per heavy atom. The lowest BCUT2D eigenvalue weighted by atomic mass is 9.96. The largest absolute Gasteiger partial charge is 0.255 e. The highest BCUT2D eigenvalue weighted by Gasteiger charge is 2.16. The summed E-state index contributed by atoms with van der Waals surface area (Å²) in [6.07, 6.45) is 2.54. The van der Waals surface area contributed by atoms with Gasteiger partial charge in [-0.15, -0.1) is 5.10 Å². The van der Waals surface area contributed by atoms with E-state index in [0.29, 0.717) is 11.8 Å². The first-order valence-corrected chi connectivity index (χ1v) is 6.48. The SMILES string of the molecule is Cn1cc(CC(CBr)c2ccccc2F)nn1. The van der Waals surface area contributed by atoms with Gasteiger partial charge in [0.2, 0.25) is 0 Å². The van der Waals surface area contributed by atoms with Crippen LogP contribution in [-0.2, 0) is 13.5 Å². The van der Waals surface area contributed by atoms with Gasteiger partial charge >= 0.3 is 0 Å². The maximum Gasteiger partial charge on any atom is 0.126 e. The lowest BCUT2D eigenvalue weighted by molar-refractivity contribution is 0.588. The quantitative estimate of drug-likeness (QED) is 0.813. The number of nitrogens with zero attached hydrogens (tertiary/aromatic N) is 3. The summed E-state index contributed by atoms with van der Waals surface area (Å²) in [5.74, 6) is -0.0891. The van der Waals surface area contributed by atoms with E-state index in [1.54, 1.807) is 10.7 Å². The summed E-state index contributed by atoms with van der Waals surface area (Å²) in [6.45, 7) is 0. The van der Waals surface area contributed by atoms with E-state index in [-0.39, 0.29) is 11.7 Å². The van der Waals surface area contributed by atoms with Crippen LogP contribution in [0.5, 0.6) is 0 Å². The summed E-state index contributed by atoms with van der Waals surface area (Å²) >= 11 is 3.43. The van der Waals surface area contributed by atoms with Gasteiger partial charge in [0, 0.05) is 30.9 Å². The molecule has 5 heteroatoms. The molecule has 1 atom stereocenters. The Hall–Kier alpha value is -1.23. The van der Waals surface area contributed by atoms with Crippen LogP contribution in [0.4, 0.5) is 4.39 Å². The van der Waals surface area contributed by atoms with E-state index in [4.69, 9.17) is 0 Å². The molecule has 17 heavy (non-hydrogen) atoms. The van der Waals surface area contributed by atoms with Crippen LogP contribution in [-0.4, -0.2) is 20.3 Å². The van der Waals surface area contributed by atoms with Gasteiger partial charge in [-0.3, -0.25) is 4.68 Å². The first kappa shape index (κ1) is 12.2. The monoisotopic (exact) mass is 297 g/mol. The van der Waals surface area contributed by atoms with Crippen LogP contribution in [0.15, 0.2) is 30.5 Å². The topological polar surface area (TPSA) is 30.7 Å². The van der Waals surface area contributed by atoms with Crippen LogP contribution in [0, 0.1) is 5.82 Å². The molecule has 0 saturated heterocycles. The number of benzene rings is 1. The van der Waals surface area contributed by atoms with Crippen molar-refractivity contribution in [2.75, 3.05) is 5.33 Å². The van der Waals surface area contributed by atoms with E-state index in [1.165, 1.54) is 6.07 Å². The summed E-state index contributed by atoms with van der Waals surface area (Å²) < 4.78 is 15.3. The molecule has 90 valence electrons. The Balaban J connectivity index is 2.20. The fourth-order valence-electron chi connectivity index (χ4n) is 1.80. The van der Waals surface area contributed by atoms with Crippen molar-refractivity contribution in [3.8, 4) is 0 Å². The molecule has 1 aromatic carbocycles. The van der Waals surface area contributed by atoms with Gasteiger partial charge < -0.3 is 0 Å². The predicted octanol–water partition coefficient (Wildman–Crippen LogP) is 2.68. The molecular weight excluding hydrogens is 285 g/mol. The van der Waals surface area contributed by atoms with Crippen molar-refractivity contribution in [1.29, 1.82) is 0 Å². The zero-order valence-electron chi connectivity index (χ0n) is 9.48. The van der Waals surface area contributed by atoms with Crippen LogP contribution >= 0.6 is 15.9 Å². The summed E-state index contributed by atoms with van der Waals surface area (Å²) in [5, 5.41) is 8.60. The van der Waals surface area contributed by atoms with E-state index < -0.39 is 0 Å². The average molecular weight is 298 g/mol. The van der Waals surface area contributed by atoms with Gasteiger partial charge in [0.15, 0.2) is 0 Å². The van der Waals surface area contributed by atoms with Crippen LogP contribution in [0.2, 0.25) is 0 Å². The van der Waals surface area contributed by atoms with Crippen molar-refractivity contribution < 1.29 is 4.39 Å². The molecule has 1 aromatic heterocycles. The molecule has 0 amide bonds. The number of aromatic nitrogens is 3. The molecule has 0 spiro atoms. The molecule has 1 heterocycles. The van der Waals surface area contributed by atoms with Crippen molar-refractivity contribution in [3.63, 3.8) is 0 Å². The first-order valence-electron chi connectivity index (χ1n) is 5.36. The maximum atomic E-state index is 13.7. The van der Waals surface area contributed by atoms with Gasteiger partial charge in [-0.2, -0.15) is 0 Å². The fourth-order valence-corrected chi connectivity index (χ4v) is 2.37. The Labute approximate surface area is 108 Å². The molecule has 0 bridgehead atoms. The number of hydrogen-bond acceptors (Lipinski definition) is 2. The second-order valence-corrected chi connectivity index (χ2v) is 4.61. The van der Waals surface area contributed by atoms with Gasteiger partial charge in [0.1, 0.15) is 5.82 Å². The van der Waals surface area contributed by atoms with E-state index in [9.17, 15) is 4.39 Å². The number of aryl methyl sites for hydroxylation is 1. The third kappa shape index (κ3) is 2.91. The number of halogens is 2. The Bertz CT molecular complexity index is 498. The summed E-state index contributed by atoms with van der Waals surface area (Å²) in [6, 6.07) is 6.86. The normalized spacial score (nSPS) is 12.6. The number of alkyl halides is 1. The summed E-state index contributed by atoms with van der Waals surface area (Å²) in [5.41, 5.74) is 1.59. The van der Waals surface area contributed by atoms with E-state index in [0.717, 1.165) is 11.3 Å². The highest BCUT2D eigenvalue weighted by molar-refractivity contribution is 9.09. The molecule has 0 N–H and O–H groups in total. The summed E-state index contributed by atoms with van der Waals surface area (Å²) in [4.78, 5) is 0. The smallest absolute Gasteiger partial charge is 0.126 e. The minimum atomic E-state index is -0.166. The number of hydrogen-bond donors (Lipinski definition) is 0. The zero-order chi connectivity index (χ0) is 12.3. The molecule has 0 saturated carbocycles. The van der Waals surface area contributed by atoms with Crippen LogP contribution < -0.4 is 0 Å². The van der Waals surface area contributed by atoms with Crippen molar-refractivity contribution in [1.82, 2.24) is 15.0 Å². The Kier molecular flexibility index (Phi) is 3.89. The second kappa shape index (κ2) is 5.40. The fraction of sp³-hybridized carbons (Fsp3) is 0.333. The third-order valence-corrected chi connectivity index (χ3v) is 3.42. The van der Waals surface area contributed by atoms with Crippen LogP contribution in [0.25, 0.3) is 0 Å². The van der Waals surface area contributed by atoms with Crippen LogP contribution in [0.3, 0.4) is 0 Å². The number of rotatable bonds is 4.